The van der Waals surface area contributed by atoms with Gasteiger partial charge in [0.2, 0.25) is 5.82 Å². The lowest BCUT2D eigenvalue weighted by Crippen LogP contribution is -2.13. The van der Waals surface area contributed by atoms with Crippen LogP contribution >= 0.6 is 0 Å². The molecule has 0 atom stereocenters. The van der Waals surface area contributed by atoms with Crippen molar-refractivity contribution in [2.75, 3.05) is 6.61 Å². The molecule has 4 rings (SSSR count). The SMILES string of the molecule is C/C=C/CCC1CCC(c2ccc(CCc3ccc(-c4ccc(OCCCC)c(F)c4F)cc3)cc2)CC1. The van der Waals surface area contributed by atoms with Gasteiger partial charge < -0.3 is 4.74 Å². The first-order valence-corrected chi connectivity index (χ1v) is 14.5. The van der Waals surface area contributed by atoms with E-state index >= 15 is 0 Å². The Hall–Kier alpha value is -2.94. The molecule has 0 spiro atoms. The Bertz CT molecular complexity index is 1160. The largest absolute Gasteiger partial charge is 0.490 e. The zero-order chi connectivity index (χ0) is 26.7. The van der Waals surface area contributed by atoms with Crippen LogP contribution in [0.2, 0.25) is 0 Å². The van der Waals surface area contributed by atoms with Crippen LogP contribution in [0.25, 0.3) is 11.1 Å². The monoisotopic (exact) mass is 516 g/mol. The molecule has 38 heavy (non-hydrogen) atoms. The van der Waals surface area contributed by atoms with E-state index in [4.69, 9.17) is 4.74 Å². The lowest BCUT2D eigenvalue weighted by Gasteiger charge is -2.28. The van der Waals surface area contributed by atoms with Crippen molar-refractivity contribution < 1.29 is 13.5 Å². The summed E-state index contributed by atoms with van der Waals surface area (Å²) in [4.78, 5) is 0. The minimum Gasteiger partial charge on any atom is -0.490 e. The van der Waals surface area contributed by atoms with Crippen LogP contribution in [0.3, 0.4) is 0 Å². The normalized spacial score (nSPS) is 17.7. The first-order chi connectivity index (χ1) is 18.6. The van der Waals surface area contributed by atoms with E-state index in [1.807, 2.05) is 31.2 Å². The molecule has 0 bridgehead atoms. The van der Waals surface area contributed by atoms with Crippen molar-refractivity contribution in [3.63, 3.8) is 0 Å². The molecule has 202 valence electrons. The molecule has 0 N–H and O–H groups in total. The molecule has 3 aromatic rings. The number of benzene rings is 3. The number of aryl methyl sites for hydroxylation is 2. The van der Waals surface area contributed by atoms with Gasteiger partial charge in [0.25, 0.3) is 0 Å². The van der Waals surface area contributed by atoms with Gasteiger partial charge in [0.1, 0.15) is 0 Å². The predicted molar refractivity (Wildman–Crippen MR) is 155 cm³/mol. The van der Waals surface area contributed by atoms with Crippen molar-refractivity contribution >= 4 is 0 Å². The molecule has 1 fully saturated rings. The first kappa shape index (κ1) is 28.1. The molecule has 1 nitrogen and oxygen atoms in total. The highest BCUT2D eigenvalue weighted by atomic mass is 19.2. The van der Waals surface area contributed by atoms with E-state index in [0.717, 1.165) is 31.6 Å². The maximum absolute atomic E-state index is 14.7. The van der Waals surface area contributed by atoms with E-state index < -0.39 is 11.6 Å². The van der Waals surface area contributed by atoms with E-state index in [9.17, 15) is 8.78 Å². The van der Waals surface area contributed by atoms with Crippen molar-refractivity contribution in [3.05, 3.63) is 101 Å². The quantitative estimate of drug-likeness (QED) is 0.172. The maximum atomic E-state index is 14.7. The van der Waals surface area contributed by atoms with Gasteiger partial charge in [-0.2, -0.15) is 4.39 Å². The second-order valence-corrected chi connectivity index (χ2v) is 10.7. The summed E-state index contributed by atoms with van der Waals surface area (Å²) < 4.78 is 34.6. The average Bonchev–Trinajstić information content (AvgIpc) is 2.96. The van der Waals surface area contributed by atoms with Gasteiger partial charge in [0, 0.05) is 5.56 Å². The Morgan fingerprint density at radius 2 is 1.47 bits per heavy atom. The van der Waals surface area contributed by atoms with Gasteiger partial charge in [0.05, 0.1) is 6.61 Å². The zero-order valence-corrected chi connectivity index (χ0v) is 23.0. The van der Waals surface area contributed by atoms with Crippen LogP contribution in [0.4, 0.5) is 8.78 Å². The Morgan fingerprint density at radius 3 is 2.11 bits per heavy atom. The van der Waals surface area contributed by atoms with Crippen LogP contribution in [0, 0.1) is 17.6 Å². The van der Waals surface area contributed by atoms with Gasteiger partial charge in [-0.1, -0.05) is 74.0 Å². The summed E-state index contributed by atoms with van der Waals surface area (Å²) in [6.07, 6.45) is 16.0. The highest BCUT2D eigenvalue weighted by molar-refractivity contribution is 5.65. The molecule has 0 saturated heterocycles. The number of halogens is 2. The molecular formula is C35H42F2O. The van der Waals surface area contributed by atoms with Gasteiger partial charge in [-0.25, -0.2) is 4.39 Å². The van der Waals surface area contributed by atoms with Crippen molar-refractivity contribution in [1.82, 2.24) is 0 Å². The van der Waals surface area contributed by atoms with Crippen molar-refractivity contribution in [2.45, 2.75) is 84.0 Å². The summed E-state index contributed by atoms with van der Waals surface area (Å²) >= 11 is 0. The Balaban J connectivity index is 1.28. The first-order valence-electron chi connectivity index (χ1n) is 14.5. The van der Waals surface area contributed by atoms with Crippen molar-refractivity contribution in [3.8, 4) is 16.9 Å². The van der Waals surface area contributed by atoms with Crippen LogP contribution in [-0.2, 0) is 12.8 Å². The summed E-state index contributed by atoms with van der Waals surface area (Å²) in [6.45, 7) is 4.53. The van der Waals surface area contributed by atoms with Gasteiger partial charge in [-0.15, -0.1) is 0 Å². The number of hydrogen-bond donors (Lipinski definition) is 0. The molecule has 0 radical (unpaired) electrons. The molecule has 0 aromatic heterocycles. The number of hydrogen-bond acceptors (Lipinski definition) is 1. The van der Waals surface area contributed by atoms with Gasteiger partial charge >= 0.3 is 0 Å². The molecular weight excluding hydrogens is 474 g/mol. The van der Waals surface area contributed by atoms with Gasteiger partial charge in [-0.3, -0.25) is 0 Å². The molecule has 1 aliphatic carbocycles. The third-order valence-electron chi connectivity index (χ3n) is 8.04. The van der Waals surface area contributed by atoms with Crippen molar-refractivity contribution in [1.29, 1.82) is 0 Å². The second kappa shape index (κ2) is 14.3. The third kappa shape index (κ3) is 7.56. The van der Waals surface area contributed by atoms with E-state index in [1.54, 1.807) is 6.07 Å². The molecule has 1 saturated carbocycles. The number of rotatable bonds is 12. The van der Waals surface area contributed by atoms with Crippen LogP contribution in [0.1, 0.15) is 87.8 Å². The summed E-state index contributed by atoms with van der Waals surface area (Å²) in [5.74, 6) is -0.183. The maximum Gasteiger partial charge on any atom is 0.201 e. The lowest BCUT2D eigenvalue weighted by molar-refractivity contribution is 0.289. The number of allylic oxidation sites excluding steroid dienone is 2. The second-order valence-electron chi connectivity index (χ2n) is 10.7. The standard InChI is InChI=1S/C35H42F2O/c1-3-5-7-8-26-11-17-29(18-12-26)30-19-13-27(14-20-30)9-10-28-15-21-31(22-16-28)32-23-24-33(35(37)34(32)36)38-25-6-4-2/h3,5,13-16,19-24,26,29H,4,6-12,17-18,25H2,1-2H3/b5-3+. The Kier molecular flexibility index (Phi) is 10.6. The number of ether oxygens (including phenoxy) is 1. The smallest absolute Gasteiger partial charge is 0.201 e. The fraction of sp³-hybridized carbons (Fsp3) is 0.429. The van der Waals surface area contributed by atoms with E-state index in [2.05, 4.69) is 43.3 Å². The number of unbranched alkanes of at least 4 members (excludes halogenated alkanes) is 1. The molecule has 0 heterocycles. The molecule has 3 aromatic carbocycles. The van der Waals surface area contributed by atoms with Crippen molar-refractivity contribution in [2.24, 2.45) is 5.92 Å². The van der Waals surface area contributed by atoms with Crippen LogP contribution < -0.4 is 4.74 Å². The highest BCUT2D eigenvalue weighted by Crippen LogP contribution is 2.37. The Labute approximate surface area is 227 Å². The summed E-state index contributed by atoms with van der Waals surface area (Å²) in [6, 6.07) is 20.1. The highest BCUT2D eigenvalue weighted by Gasteiger charge is 2.22. The summed E-state index contributed by atoms with van der Waals surface area (Å²) in [5.41, 5.74) is 4.95. The van der Waals surface area contributed by atoms with Crippen LogP contribution in [0.5, 0.6) is 5.75 Å². The van der Waals surface area contributed by atoms with Crippen LogP contribution in [-0.4, -0.2) is 6.61 Å². The fourth-order valence-corrected chi connectivity index (χ4v) is 5.57. The molecule has 3 heteroatoms. The fourth-order valence-electron chi connectivity index (χ4n) is 5.57. The van der Waals surface area contributed by atoms with Gasteiger partial charge in [-0.05, 0) is 111 Å². The minimum atomic E-state index is -0.913. The average molecular weight is 517 g/mol. The third-order valence-corrected chi connectivity index (χ3v) is 8.04. The molecule has 0 aliphatic heterocycles. The molecule has 1 aliphatic rings. The zero-order valence-electron chi connectivity index (χ0n) is 23.0. The Morgan fingerprint density at radius 1 is 0.816 bits per heavy atom. The lowest BCUT2D eigenvalue weighted by atomic mass is 9.77. The topological polar surface area (TPSA) is 9.23 Å². The van der Waals surface area contributed by atoms with E-state index in [0.29, 0.717) is 18.1 Å². The van der Waals surface area contributed by atoms with Crippen LogP contribution in [0.15, 0.2) is 72.8 Å². The molecule has 0 amide bonds. The minimum absolute atomic E-state index is 0.0184. The van der Waals surface area contributed by atoms with E-state index in [-0.39, 0.29) is 11.3 Å². The molecule has 0 unspecified atom stereocenters. The van der Waals surface area contributed by atoms with E-state index in [1.165, 1.54) is 61.3 Å². The summed E-state index contributed by atoms with van der Waals surface area (Å²) in [5, 5.41) is 0. The summed E-state index contributed by atoms with van der Waals surface area (Å²) in [7, 11) is 0. The van der Waals surface area contributed by atoms with Gasteiger partial charge in [0.15, 0.2) is 11.6 Å². The predicted octanol–water partition coefficient (Wildman–Crippen LogP) is 10.2.